The maximum Gasteiger partial charge on any atom is 0.274 e. The zero-order valence-electron chi connectivity index (χ0n) is 15.0. The zero-order chi connectivity index (χ0) is 18.8. The minimum absolute atomic E-state index is 0.109. The second-order valence-electron chi connectivity index (χ2n) is 6.62. The smallest absolute Gasteiger partial charge is 0.274 e. The van der Waals surface area contributed by atoms with Crippen LogP contribution < -0.4 is 0 Å². The van der Waals surface area contributed by atoms with E-state index in [0.29, 0.717) is 31.0 Å². The molecule has 0 saturated carbocycles. The van der Waals surface area contributed by atoms with Gasteiger partial charge in [0.05, 0.1) is 11.4 Å². The molecule has 0 aliphatic carbocycles. The lowest BCUT2D eigenvalue weighted by Gasteiger charge is -2.33. The van der Waals surface area contributed by atoms with Gasteiger partial charge in [0.25, 0.3) is 5.91 Å². The van der Waals surface area contributed by atoms with Gasteiger partial charge in [-0.1, -0.05) is 11.2 Å². The van der Waals surface area contributed by atoms with Crippen molar-refractivity contribution in [3.8, 4) is 5.69 Å². The summed E-state index contributed by atoms with van der Waals surface area (Å²) >= 11 is 0. The predicted molar refractivity (Wildman–Crippen MR) is 95.9 cm³/mol. The van der Waals surface area contributed by atoms with Crippen molar-refractivity contribution in [2.24, 2.45) is 0 Å². The van der Waals surface area contributed by atoms with E-state index in [1.807, 2.05) is 13.0 Å². The van der Waals surface area contributed by atoms with E-state index < -0.39 is 0 Å². The number of nitrogens with zero attached hydrogens (tertiary/aromatic N) is 5. The van der Waals surface area contributed by atoms with E-state index in [1.54, 1.807) is 29.3 Å². The van der Waals surface area contributed by atoms with Gasteiger partial charge in [-0.05, 0) is 31.2 Å². The fourth-order valence-corrected chi connectivity index (χ4v) is 3.19. The third kappa shape index (κ3) is 3.90. The Morgan fingerprint density at radius 1 is 1.19 bits per heavy atom. The van der Waals surface area contributed by atoms with Gasteiger partial charge in [0.15, 0.2) is 5.69 Å². The lowest BCUT2D eigenvalue weighted by Crippen LogP contribution is -2.48. The minimum atomic E-state index is -0.339. The molecule has 1 aliphatic rings. The number of piperazine rings is 1. The van der Waals surface area contributed by atoms with Gasteiger partial charge in [0, 0.05) is 45.0 Å². The van der Waals surface area contributed by atoms with Gasteiger partial charge >= 0.3 is 0 Å². The quantitative estimate of drug-likeness (QED) is 0.706. The molecule has 7 nitrogen and oxygen atoms in total. The van der Waals surface area contributed by atoms with E-state index in [-0.39, 0.29) is 11.7 Å². The molecule has 4 rings (SSSR count). The van der Waals surface area contributed by atoms with E-state index in [0.717, 1.165) is 24.5 Å². The molecule has 2 aromatic heterocycles. The molecule has 3 heterocycles. The van der Waals surface area contributed by atoms with Gasteiger partial charge < -0.3 is 9.42 Å². The van der Waals surface area contributed by atoms with Crippen molar-refractivity contribution in [1.82, 2.24) is 24.7 Å². The molecule has 1 amide bonds. The topological polar surface area (TPSA) is 67.4 Å². The van der Waals surface area contributed by atoms with Gasteiger partial charge in [-0.2, -0.15) is 5.10 Å². The van der Waals surface area contributed by atoms with Crippen molar-refractivity contribution < 1.29 is 13.7 Å². The van der Waals surface area contributed by atoms with Crippen LogP contribution in [0.25, 0.3) is 5.69 Å². The molecule has 0 radical (unpaired) electrons. The number of carbonyl (C=O) groups is 1. The van der Waals surface area contributed by atoms with Crippen LogP contribution in [0.3, 0.4) is 0 Å². The molecule has 0 unspecified atom stereocenters. The Morgan fingerprint density at radius 3 is 2.70 bits per heavy atom. The van der Waals surface area contributed by atoms with Crippen LogP contribution >= 0.6 is 0 Å². The summed E-state index contributed by atoms with van der Waals surface area (Å²) in [7, 11) is 0. The van der Waals surface area contributed by atoms with Gasteiger partial charge in [0.1, 0.15) is 11.6 Å². The average molecular weight is 369 g/mol. The monoisotopic (exact) mass is 369 g/mol. The SMILES string of the molecule is Cc1cc(CN2CCN(C(=O)c3ccn(-c4cccc(F)c4)n3)CC2)no1. The van der Waals surface area contributed by atoms with Crippen molar-refractivity contribution in [2.75, 3.05) is 26.2 Å². The summed E-state index contributed by atoms with van der Waals surface area (Å²) in [5.74, 6) is 0.351. The fourth-order valence-electron chi connectivity index (χ4n) is 3.19. The Morgan fingerprint density at radius 2 is 2.00 bits per heavy atom. The number of aryl methyl sites for hydroxylation is 1. The van der Waals surface area contributed by atoms with Crippen LogP contribution in [0.2, 0.25) is 0 Å². The third-order valence-electron chi connectivity index (χ3n) is 4.60. The lowest BCUT2D eigenvalue weighted by molar-refractivity contribution is 0.0619. The van der Waals surface area contributed by atoms with E-state index >= 15 is 0 Å². The Kier molecular flexibility index (Phi) is 4.72. The normalized spacial score (nSPS) is 15.3. The van der Waals surface area contributed by atoms with Crippen molar-refractivity contribution >= 4 is 5.91 Å². The summed E-state index contributed by atoms with van der Waals surface area (Å²) in [6, 6.07) is 9.71. The number of carbonyl (C=O) groups excluding carboxylic acids is 1. The Bertz CT molecular complexity index is 943. The molecule has 1 fully saturated rings. The number of aromatic nitrogens is 3. The first-order valence-corrected chi connectivity index (χ1v) is 8.84. The molecule has 27 heavy (non-hydrogen) atoms. The summed E-state index contributed by atoms with van der Waals surface area (Å²) in [4.78, 5) is 16.7. The Hall–Kier alpha value is -3.00. The highest BCUT2D eigenvalue weighted by molar-refractivity contribution is 5.92. The highest BCUT2D eigenvalue weighted by atomic mass is 19.1. The van der Waals surface area contributed by atoms with Crippen LogP contribution in [-0.4, -0.2) is 56.8 Å². The predicted octanol–water partition coefficient (Wildman–Crippen LogP) is 2.27. The number of rotatable bonds is 4. The van der Waals surface area contributed by atoms with E-state index in [9.17, 15) is 9.18 Å². The maximum atomic E-state index is 13.4. The van der Waals surface area contributed by atoms with Gasteiger partial charge in [-0.15, -0.1) is 0 Å². The number of benzene rings is 1. The lowest BCUT2D eigenvalue weighted by atomic mass is 10.2. The largest absolute Gasteiger partial charge is 0.361 e. The van der Waals surface area contributed by atoms with Crippen molar-refractivity contribution in [3.05, 3.63) is 65.6 Å². The average Bonchev–Trinajstić information content (AvgIpc) is 3.31. The molecule has 0 N–H and O–H groups in total. The van der Waals surface area contributed by atoms with Crippen LogP contribution in [0.5, 0.6) is 0 Å². The van der Waals surface area contributed by atoms with Crippen molar-refractivity contribution in [3.63, 3.8) is 0 Å². The summed E-state index contributed by atoms with van der Waals surface area (Å²) in [6.45, 7) is 5.37. The minimum Gasteiger partial charge on any atom is -0.361 e. The second-order valence-corrected chi connectivity index (χ2v) is 6.62. The Balaban J connectivity index is 1.37. The first kappa shape index (κ1) is 17.4. The zero-order valence-corrected chi connectivity index (χ0v) is 15.0. The molecule has 0 bridgehead atoms. The molecule has 8 heteroatoms. The molecular formula is C19H20FN5O2. The molecule has 0 atom stereocenters. The van der Waals surface area contributed by atoms with Crippen LogP contribution in [0.15, 0.2) is 47.1 Å². The highest BCUT2D eigenvalue weighted by Gasteiger charge is 2.24. The van der Waals surface area contributed by atoms with E-state index in [2.05, 4.69) is 15.2 Å². The number of hydrogen-bond acceptors (Lipinski definition) is 5. The van der Waals surface area contributed by atoms with Gasteiger partial charge in [0.2, 0.25) is 0 Å². The van der Waals surface area contributed by atoms with E-state index in [4.69, 9.17) is 4.52 Å². The van der Waals surface area contributed by atoms with Crippen molar-refractivity contribution in [2.45, 2.75) is 13.5 Å². The molecule has 1 saturated heterocycles. The molecule has 1 aliphatic heterocycles. The summed E-state index contributed by atoms with van der Waals surface area (Å²) in [5, 5.41) is 8.32. The summed E-state index contributed by atoms with van der Waals surface area (Å²) < 4.78 is 20.0. The fraction of sp³-hybridized carbons (Fsp3) is 0.316. The first-order valence-electron chi connectivity index (χ1n) is 8.84. The Labute approximate surface area is 156 Å². The maximum absolute atomic E-state index is 13.4. The van der Waals surface area contributed by atoms with Crippen molar-refractivity contribution in [1.29, 1.82) is 0 Å². The van der Waals surface area contributed by atoms with Gasteiger partial charge in [-0.3, -0.25) is 9.69 Å². The van der Waals surface area contributed by atoms with Crippen LogP contribution in [0.1, 0.15) is 21.9 Å². The summed E-state index contributed by atoms with van der Waals surface area (Å²) in [5.41, 5.74) is 1.85. The van der Waals surface area contributed by atoms with Crippen LogP contribution in [0.4, 0.5) is 4.39 Å². The second kappa shape index (κ2) is 7.32. The molecule has 0 spiro atoms. The highest BCUT2D eigenvalue weighted by Crippen LogP contribution is 2.13. The molecular weight excluding hydrogens is 349 g/mol. The first-order chi connectivity index (χ1) is 13.1. The van der Waals surface area contributed by atoms with Crippen LogP contribution in [-0.2, 0) is 6.54 Å². The standard InChI is InChI=1S/C19H20FN5O2/c1-14-11-16(22-27-14)13-23-7-9-24(10-8-23)19(26)18-5-6-25(21-18)17-4-2-3-15(20)12-17/h2-6,11-12H,7-10,13H2,1H3. The molecule has 140 valence electrons. The molecule has 3 aromatic rings. The van der Waals surface area contributed by atoms with Gasteiger partial charge in [-0.25, -0.2) is 9.07 Å². The summed E-state index contributed by atoms with van der Waals surface area (Å²) in [6.07, 6.45) is 1.67. The van der Waals surface area contributed by atoms with Crippen LogP contribution in [0, 0.1) is 12.7 Å². The number of amides is 1. The number of hydrogen-bond donors (Lipinski definition) is 0. The molecule has 1 aromatic carbocycles. The third-order valence-corrected chi connectivity index (χ3v) is 4.60. The van der Waals surface area contributed by atoms with E-state index in [1.165, 1.54) is 16.8 Å². The number of halogens is 1.